The van der Waals surface area contributed by atoms with Gasteiger partial charge in [0.15, 0.2) is 0 Å². The van der Waals surface area contributed by atoms with Gasteiger partial charge in [0.2, 0.25) is 0 Å². The lowest BCUT2D eigenvalue weighted by atomic mass is 9.78. The van der Waals surface area contributed by atoms with Gasteiger partial charge in [-0.3, -0.25) is 0 Å². The summed E-state index contributed by atoms with van der Waals surface area (Å²) in [6, 6.07) is 15.2. The second-order valence-electron chi connectivity index (χ2n) is 4.79. The van der Waals surface area contributed by atoms with Crippen LogP contribution in [-0.2, 0) is 11.2 Å². The highest BCUT2D eigenvalue weighted by molar-refractivity contribution is 5.95. The van der Waals surface area contributed by atoms with Crippen molar-refractivity contribution >= 4 is 11.7 Å². The maximum absolute atomic E-state index is 11.9. The molecule has 1 aliphatic rings. The Morgan fingerprint density at radius 3 is 2.68 bits per heavy atom. The van der Waals surface area contributed by atoms with Gasteiger partial charge < -0.3 is 10.5 Å². The van der Waals surface area contributed by atoms with E-state index in [1.807, 2.05) is 12.1 Å². The molecule has 0 saturated carbocycles. The number of rotatable bonds is 3. The lowest BCUT2D eigenvalue weighted by Crippen LogP contribution is -2.23. The zero-order valence-corrected chi connectivity index (χ0v) is 10.5. The Bertz CT molecular complexity index is 622. The monoisotopic (exact) mass is 253 g/mol. The summed E-state index contributed by atoms with van der Waals surface area (Å²) in [6.07, 6.45) is 0.980. The Balaban J connectivity index is 1.63. The first-order valence-electron chi connectivity index (χ1n) is 6.35. The molecular weight excluding hydrogens is 238 g/mol. The lowest BCUT2D eigenvalue weighted by molar-refractivity contribution is 0.0471. The molecule has 19 heavy (non-hydrogen) atoms. The Kier molecular flexibility index (Phi) is 2.95. The van der Waals surface area contributed by atoms with Crippen LogP contribution >= 0.6 is 0 Å². The number of nitrogen functional groups attached to an aromatic ring is 1. The van der Waals surface area contributed by atoms with Crippen LogP contribution in [0.5, 0.6) is 0 Å². The summed E-state index contributed by atoms with van der Waals surface area (Å²) in [7, 11) is 0. The molecule has 0 aliphatic heterocycles. The fourth-order valence-corrected chi connectivity index (χ4v) is 2.45. The zero-order valence-electron chi connectivity index (χ0n) is 10.5. The fraction of sp³-hybridized carbons (Fsp3) is 0.188. The lowest BCUT2D eigenvalue weighted by Gasteiger charge is -2.29. The SMILES string of the molecule is Nc1ccccc1C(=O)OCC1Cc2ccccc21. The predicted octanol–water partition coefficient (Wildman–Crippen LogP) is 2.77. The fourth-order valence-electron chi connectivity index (χ4n) is 2.45. The molecule has 2 aromatic carbocycles. The zero-order chi connectivity index (χ0) is 13.2. The molecule has 0 amide bonds. The van der Waals surface area contributed by atoms with Crippen LogP contribution in [0.15, 0.2) is 48.5 Å². The summed E-state index contributed by atoms with van der Waals surface area (Å²) in [5.41, 5.74) is 9.29. The molecule has 0 radical (unpaired) electrons. The molecule has 1 atom stereocenters. The summed E-state index contributed by atoms with van der Waals surface area (Å²) in [5.74, 6) is -0.0208. The summed E-state index contributed by atoms with van der Waals surface area (Å²) in [6.45, 7) is 0.421. The topological polar surface area (TPSA) is 52.3 Å². The molecule has 2 aromatic rings. The molecule has 0 aromatic heterocycles. The maximum Gasteiger partial charge on any atom is 0.340 e. The van der Waals surface area contributed by atoms with Crippen molar-refractivity contribution in [2.24, 2.45) is 0 Å². The minimum absolute atomic E-state index is 0.324. The molecule has 0 spiro atoms. The molecule has 0 heterocycles. The number of para-hydroxylation sites is 1. The normalized spacial score (nSPS) is 16.3. The molecule has 3 nitrogen and oxygen atoms in total. The minimum atomic E-state index is -0.345. The van der Waals surface area contributed by atoms with E-state index in [1.54, 1.807) is 24.3 Å². The van der Waals surface area contributed by atoms with Gasteiger partial charge in [-0.2, -0.15) is 0 Å². The highest BCUT2D eigenvalue weighted by Gasteiger charge is 2.26. The maximum atomic E-state index is 11.9. The Morgan fingerprint density at radius 1 is 1.16 bits per heavy atom. The van der Waals surface area contributed by atoms with Crippen LogP contribution < -0.4 is 5.73 Å². The molecule has 3 rings (SSSR count). The third-order valence-electron chi connectivity index (χ3n) is 3.56. The second kappa shape index (κ2) is 4.76. The van der Waals surface area contributed by atoms with Crippen molar-refractivity contribution in [2.45, 2.75) is 12.3 Å². The van der Waals surface area contributed by atoms with Gasteiger partial charge in [-0.05, 0) is 29.7 Å². The largest absolute Gasteiger partial charge is 0.461 e. The number of anilines is 1. The van der Waals surface area contributed by atoms with E-state index in [0.29, 0.717) is 23.8 Å². The van der Waals surface area contributed by atoms with Crippen molar-refractivity contribution in [1.82, 2.24) is 0 Å². The standard InChI is InChI=1S/C16H15NO2/c17-15-8-4-3-7-14(15)16(18)19-10-12-9-11-5-1-2-6-13(11)12/h1-8,12H,9-10,17H2. The van der Waals surface area contributed by atoms with Crippen LogP contribution in [0, 0.1) is 0 Å². The molecule has 1 aliphatic carbocycles. The van der Waals surface area contributed by atoms with E-state index < -0.39 is 0 Å². The van der Waals surface area contributed by atoms with E-state index in [2.05, 4.69) is 12.1 Å². The quantitative estimate of drug-likeness (QED) is 0.676. The van der Waals surface area contributed by atoms with Gasteiger partial charge in [-0.25, -0.2) is 4.79 Å². The summed E-state index contributed by atoms with van der Waals surface area (Å²) >= 11 is 0. The molecule has 0 saturated heterocycles. The van der Waals surface area contributed by atoms with Gasteiger partial charge in [0.1, 0.15) is 0 Å². The highest BCUT2D eigenvalue weighted by atomic mass is 16.5. The first-order chi connectivity index (χ1) is 9.25. The van der Waals surface area contributed by atoms with Crippen LogP contribution in [0.2, 0.25) is 0 Å². The Labute approximate surface area is 112 Å². The van der Waals surface area contributed by atoms with Crippen molar-refractivity contribution in [3.05, 3.63) is 65.2 Å². The number of carbonyl (C=O) groups excluding carboxylic acids is 1. The molecule has 0 fully saturated rings. The molecule has 3 heteroatoms. The van der Waals surface area contributed by atoms with Crippen LogP contribution in [0.3, 0.4) is 0 Å². The minimum Gasteiger partial charge on any atom is -0.461 e. The number of hydrogen-bond donors (Lipinski definition) is 1. The number of hydrogen-bond acceptors (Lipinski definition) is 3. The van der Waals surface area contributed by atoms with E-state index in [9.17, 15) is 4.79 Å². The molecular formula is C16H15NO2. The number of esters is 1. The highest BCUT2D eigenvalue weighted by Crippen LogP contribution is 2.34. The van der Waals surface area contributed by atoms with Crippen molar-refractivity contribution in [3.8, 4) is 0 Å². The van der Waals surface area contributed by atoms with E-state index in [4.69, 9.17) is 10.5 Å². The smallest absolute Gasteiger partial charge is 0.340 e. The molecule has 2 N–H and O–H groups in total. The number of nitrogens with two attached hydrogens (primary N) is 1. The first-order valence-corrected chi connectivity index (χ1v) is 6.35. The summed E-state index contributed by atoms with van der Waals surface area (Å²) in [5, 5.41) is 0. The van der Waals surface area contributed by atoms with E-state index >= 15 is 0 Å². The van der Waals surface area contributed by atoms with Gasteiger partial charge in [0.25, 0.3) is 0 Å². The summed E-state index contributed by atoms with van der Waals surface area (Å²) in [4.78, 5) is 11.9. The second-order valence-corrected chi connectivity index (χ2v) is 4.79. The Morgan fingerprint density at radius 2 is 1.89 bits per heavy atom. The average molecular weight is 253 g/mol. The predicted molar refractivity (Wildman–Crippen MR) is 74.0 cm³/mol. The van der Waals surface area contributed by atoms with E-state index in [1.165, 1.54) is 11.1 Å². The number of ether oxygens (including phenoxy) is 1. The van der Waals surface area contributed by atoms with E-state index in [0.717, 1.165) is 6.42 Å². The van der Waals surface area contributed by atoms with Crippen LogP contribution in [0.1, 0.15) is 27.4 Å². The molecule has 1 unspecified atom stereocenters. The van der Waals surface area contributed by atoms with Crippen LogP contribution in [-0.4, -0.2) is 12.6 Å². The van der Waals surface area contributed by atoms with Crippen molar-refractivity contribution in [2.75, 3.05) is 12.3 Å². The third kappa shape index (κ3) is 2.19. The summed E-state index contributed by atoms with van der Waals surface area (Å²) < 4.78 is 5.35. The average Bonchev–Trinajstić information content (AvgIpc) is 2.40. The van der Waals surface area contributed by atoms with Crippen molar-refractivity contribution < 1.29 is 9.53 Å². The molecule has 0 bridgehead atoms. The van der Waals surface area contributed by atoms with Gasteiger partial charge in [0, 0.05) is 11.6 Å². The van der Waals surface area contributed by atoms with Crippen molar-refractivity contribution in [3.63, 3.8) is 0 Å². The first kappa shape index (κ1) is 11.8. The number of benzene rings is 2. The van der Waals surface area contributed by atoms with Crippen LogP contribution in [0.25, 0.3) is 0 Å². The van der Waals surface area contributed by atoms with Gasteiger partial charge in [0.05, 0.1) is 12.2 Å². The third-order valence-corrected chi connectivity index (χ3v) is 3.56. The number of carbonyl (C=O) groups is 1. The van der Waals surface area contributed by atoms with Gasteiger partial charge in [-0.15, -0.1) is 0 Å². The van der Waals surface area contributed by atoms with Crippen LogP contribution in [0.4, 0.5) is 5.69 Å². The van der Waals surface area contributed by atoms with Gasteiger partial charge in [-0.1, -0.05) is 36.4 Å². The van der Waals surface area contributed by atoms with E-state index in [-0.39, 0.29) is 5.97 Å². The molecule has 96 valence electrons. The Hall–Kier alpha value is -2.29. The van der Waals surface area contributed by atoms with Crippen molar-refractivity contribution in [1.29, 1.82) is 0 Å². The van der Waals surface area contributed by atoms with Gasteiger partial charge >= 0.3 is 5.97 Å². The number of fused-ring (bicyclic) bond motifs is 1.